The molecule has 0 saturated heterocycles. The number of hydrogen-bond acceptors (Lipinski definition) is 4. The lowest BCUT2D eigenvalue weighted by molar-refractivity contribution is 0.0696. The van der Waals surface area contributed by atoms with Crippen LogP contribution < -0.4 is 0 Å². The van der Waals surface area contributed by atoms with Crippen LogP contribution in [-0.4, -0.2) is 21.0 Å². The molecule has 0 atom stereocenters. The Hall–Kier alpha value is -1.30. The SMILES string of the molecule is O=C(O)c1ccnc(Sc2ncc(Cl)cc2Cl)c1. The number of hydrogen-bond donors (Lipinski definition) is 1. The van der Waals surface area contributed by atoms with E-state index in [4.69, 9.17) is 28.3 Å². The zero-order valence-electron chi connectivity index (χ0n) is 8.80. The molecule has 0 aliphatic heterocycles. The Morgan fingerprint density at radius 3 is 2.72 bits per heavy atom. The summed E-state index contributed by atoms with van der Waals surface area (Å²) in [5.41, 5.74) is 0.164. The van der Waals surface area contributed by atoms with Gasteiger partial charge in [0.1, 0.15) is 10.1 Å². The van der Waals surface area contributed by atoms with Crippen molar-refractivity contribution in [3.05, 3.63) is 46.2 Å². The fourth-order valence-corrected chi connectivity index (χ4v) is 2.43. The van der Waals surface area contributed by atoms with Crippen molar-refractivity contribution in [2.45, 2.75) is 10.1 Å². The topological polar surface area (TPSA) is 63.1 Å². The first-order valence-electron chi connectivity index (χ1n) is 4.74. The maximum atomic E-state index is 10.8. The second-order valence-corrected chi connectivity index (χ2v) is 5.08. The van der Waals surface area contributed by atoms with Crippen LogP contribution >= 0.6 is 35.0 Å². The second kappa shape index (κ2) is 5.56. The van der Waals surface area contributed by atoms with Gasteiger partial charge in [-0.2, -0.15) is 0 Å². The maximum Gasteiger partial charge on any atom is 0.335 e. The van der Waals surface area contributed by atoms with Crippen molar-refractivity contribution in [3.63, 3.8) is 0 Å². The molecule has 0 aromatic carbocycles. The molecule has 92 valence electrons. The predicted molar refractivity (Wildman–Crippen MR) is 69.6 cm³/mol. The Kier molecular flexibility index (Phi) is 4.06. The highest BCUT2D eigenvalue weighted by molar-refractivity contribution is 7.99. The fourth-order valence-electron chi connectivity index (χ4n) is 1.17. The van der Waals surface area contributed by atoms with Crippen molar-refractivity contribution in [2.24, 2.45) is 0 Å². The fraction of sp³-hybridized carbons (Fsp3) is 0. The summed E-state index contributed by atoms with van der Waals surface area (Å²) in [5, 5.41) is 10.7. The number of pyridine rings is 2. The summed E-state index contributed by atoms with van der Waals surface area (Å²) in [6.45, 7) is 0. The van der Waals surface area contributed by atoms with Gasteiger partial charge in [0.25, 0.3) is 0 Å². The van der Waals surface area contributed by atoms with E-state index >= 15 is 0 Å². The molecule has 18 heavy (non-hydrogen) atoms. The van der Waals surface area contributed by atoms with Gasteiger partial charge in [-0.3, -0.25) is 0 Å². The van der Waals surface area contributed by atoms with Crippen LogP contribution in [-0.2, 0) is 0 Å². The molecule has 0 spiro atoms. The molecule has 0 fully saturated rings. The zero-order valence-corrected chi connectivity index (χ0v) is 11.1. The molecule has 7 heteroatoms. The molecule has 0 saturated carbocycles. The normalized spacial score (nSPS) is 10.3. The molecular weight excluding hydrogens is 295 g/mol. The molecule has 2 aromatic heterocycles. The minimum Gasteiger partial charge on any atom is -0.478 e. The van der Waals surface area contributed by atoms with Gasteiger partial charge in [-0.1, -0.05) is 23.2 Å². The first-order valence-corrected chi connectivity index (χ1v) is 6.32. The van der Waals surface area contributed by atoms with Crippen LogP contribution in [0.25, 0.3) is 0 Å². The average molecular weight is 301 g/mol. The van der Waals surface area contributed by atoms with Crippen LogP contribution in [0.2, 0.25) is 10.0 Å². The Balaban J connectivity index is 2.28. The summed E-state index contributed by atoms with van der Waals surface area (Å²) >= 11 is 12.9. The number of rotatable bonds is 3. The van der Waals surface area contributed by atoms with Crippen LogP contribution in [0.15, 0.2) is 40.6 Å². The van der Waals surface area contributed by atoms with Crippen molar-refractivity contribution in [1.82, 2.24) is 9.97 Å². The van der Waals surface area contributed by atoms with Gasteiger partial charge in [-0.25, -0.2) is 14.8 Å². The molecule has 0 unspecified atom stereocenters. The van der Waals surface area contributed by atoms with E-state index in [1.165, 1.54) is 36.3 Å². The zero-order chi connectivity index (χ0) is 13.1. The number of carbonyl (C=O) groups is 1. The van der Waals surface area contributed by atoms with Gasteiger partial charge in [0.15, 0.2) is 0 Å². The number of carboxylic acids is 1. The largest absolute Gasteiger partial charge is 0.478 e. The van der Waals surface area contributed by atoms with Gasteiger partial charge >= 0.3 is 5.97 Å². The first-order chi connectivity index (χ1) is 8.56. The van der Waals surface area contributed by atoms with Gasteiger partial charge in [0.2, 0.25) is 0 Å². The Bertz CT molecular complexity index is 607. The molecule has 1 N–H and O–H groups in total. The molecule has 2 aromatic rings. The average Bonchev–Trinajstić information content (AvgIpc) is 2.33. The van der Waals surface area contributed by atoms with E-state index in [1.54, 1.807) is 6.07 Å². The third-order valence-corrected chi connectivity index (χ3v) is 3.52. The van der Waals surface area contributed by atoms with Gasteiger partial charge in [0.05, 0.1) is 15.6 Å². The predicted octanol–water partition coefficient (Wildman–Crippen LogP) is 3.63. The van der Waals surface area contributed by atoms with Crippen molar-refractivity contribution in [3.8, 4) is 0 Å². The summed E-state index contributed by atoms with van der Waals surface area (Å²) in [6, 6.07) is 4.45. The van der Waals surface area contributed by atoms with E-state index in [2.05, 4.69) is 9.97 Å². The van der Waals surface area contributed by atoms with E-state index in [1.807, 2.05) is 0 Å². The van der Waals surface area contributed by atoms with E-state index < -0.39 is 5.97 Å². The smallest absolute Gasteiger partial charge is 0.335 e. The lowest BCUT2D eigenvalue weighted by Gasteiger charge is -2.03. The summed E-state index contributed by atoms with van der Waals surface area (Å²) in [6.07, 6.45) is 2.90. The Morgan fingerprint density at radius 1 is 1.28 bits per heavy atom. The van der Waals surface area contributed by atoms with Gasteiger partial charge in [0, 0.05) is 12.4 Å². The van der Waals surface area contributed by atoms with Gasteiger partial charge < -0.3 is 5.11 Å². The van der Waals surface area contributed by atoms with Crippen molar-refractivity contribution in [2.75, 3.05) is 0 Å². The molecule has 0 bridgehead atoms. The second-order valence-electron chi connectivity index (χ2n) is 3.23. The molecule has 2 rings (SSSR count). The van der Waals surface area contributed by atoms with Crippen molar-refractivity contribution in [1.29, 1.82) is 0 Å². The van der Waals surface area contributed by atoms with Crippen LogP contribution in [0, 0.1) is 0 Å². The molecule has 4 nitrogen and oxygen atoms in total. The van der Waals surface area contributed by atoms with E-state index in [9.17, 15) is 4.79 Å². The third kappa shape index (κ3) is 3.13. The van der Waals surface area contributed by atoms with Crippen molar-refractivity contribution < 1.29 is 9.90 Å². The number of carboxylic acid groups (broad SMARTS) is 1. The minimum absolute atomic E-state index is 0.164. The monoisotopic (exact) mass is 300 g/mol. The summed E-state index contributed by atoms with van der Waals surface area (Å²) in [5.74, 6) is -1.01. The van der Waals surface area contributed by atoms with Crippen LogP contribution in [0.5, 0.6) is 0 Å². The minimum atomic E-state index is -1.01. The molecule has 2 heterocycles. The highest BCUT2D eigenvalue weighted by Crippen LogP contribution is 2.31. The lowest BCUT2D eigenvalue weighted by Crippen LogP contribution is -1.96. The maximum absolute atomic E-state index is 10.8. The lowest BCUT2D eigenvalue weighted by atomic mass is 10.3. The first kappa shape index (κ1) is 13.1. The molecule has 0 radical (unpaired) electrons. The molecule has 0 aliphatic carbocycles. The Morgan fingerprint density at radius 2 is 2.06 bits per heavy atom. The van der Waals surface area contributed by atoms with Gasteiger partial charge in [-0.15, -0.1) is 0 Å². The quantitative estimate of drug-likeness (QED) is 0.937. The van der Waals surface area contributed by atoms with Gasteiger partial charge in [-0.05, 0) is 30.0 Å². The number of halogens is 2. The van der Waals surface area contributed by atoms with Crippen molar-refractivity contribution >= 4 is 40.9 Å². The standard InChI is InChI=1S/C11H6Cl2N2O2S/c12-7-4-8(13)10(15-5-7)18-9-3-6(11(16)17)1-2-14-9/h1-5H,(H,16,17). The third-order valence-electron chi connectivity index (χ3n) is 1.96. The van der Waals surface area contributed by atoms with Crippen LogP contribution in [0.1, 0.15) is 10.4 Å². The molecule has 0 amide bonds. The highest BCUT2D eigenvalue weighted by Gasteiger charge is 2.09. The molecular formula is C11H6Cl2N2O2S. The summed E-state index contributed by atoms with van der Waals surface area (Å²) < 4.78 is 0. The molecule has 0 aliphatic rings. The number of aromatic nitrogens is 2. The van der Waals surface area contributed by atoms with Crippen LogP contribution in [0.4, 0.5) is 0 Å². The van der Waals surface area contributed by atoms with E-state index in [0.717, 1.165) is 0 Å². The van der Waals surface area contributed by atoms with E-state index in [-0.39, 0.29) is 5.56 Å². The Labute approximate surface area is 117 Å². The summed E-state index contributed by atoms with van der Waals surface area (Å²) in [4.78, 5) is 18.9. The summed E-state index contributed by atoms with van der Waals surface area (Å²) in [7, 11) is 0. The number of nitrogens with zero attached hydrogens (tertiary/aromatic N) is 2. The number of aromatic carboxylic acids is 1. The highest BCUT2D eigenvalue weighted by atomic mass is 35.5. The van der Waals surface area contributed by atoms with E-state index in [0.29, 0.717) is 20.1 Å². The van der Waals surface area contributed by atoms with Crippen LogP contribution in [0.3, 0.4) is 0 Å².